The molecule has 0 saturated carbocycles. The van der Waals surface area contributed by atoms with E-state index >= 15 is 0 Å². The summed E-state index contributed by atoms with van der Waals surface area (Å²) in [6.45, 7) is 1.75. The van der Waals surface area contributed by atoms with E-state index < -0.39 is 23.7 Å². The van der Waals surface area contributed by atoms with Gasteiger partial charge in [0.2, 0.25) is 10.0 Å². The molecule has 3 N–H and O–H groups in total. The highest BCUT2D eigenvalue weighted by Gasteiger charge is 2.36. The molecule has 3 rings (SSSR count). The third kappa shape index (κ3) is 3.99. The van der Waals surface area contributed by atoms with E-state index in [9.17, 15) is 17.9 Å². The molecule has 3 aromatic rings. The largest absolute Gasteiger partial charge is 0.518 e. The summed E-state index contributed by atoms with van der Waals surface area (Å²) < 4.78 is 41.5. The SMILES string of the molecule is CCC(c1nc(-c2ccccc2)c(-c2ccccc2S(N)(=O)=O)o1)[P+](=O)O. The van der Waals surface area contributed by atoms with Crippen molar-refractivity contribution in [3.05, 3.63) is 60.5 Å². The van der Waals surface area contributed by atoms with Crippen LogP contribution < -0.4 is 5.14 Å². The van der Waals surface area contributed by atoms with Crippen LogP contribution in [0.2, 0.25) is 0 Å². The maximum Gasteiger partial charge on any atom is 0.518 e. The van der Waals surface area contributed by atoms with Crippen molar-refractivity contribution in [3.8, 4) is 22.6 Å². The number of nitrogens with two attached hydrogens (primary N) is 1. The fourth-order valence-corrected chi connectivity index (χ4v) is 4.13. The lowest BCUT2D eigenvalue weighted by atomic mass is 10.1. The first kappa shape index (κ1) is 19.4. The molecule has 9 heteroatoms. The monoisotopic (exact) mass is 405 g/mol. The lowest BCUT2D eigenvalue weighted by Gasteiger charge is -2.06. The van der Waals surface area contributed by atoms with Gasteiger partial charge in [-0.1, -0.05) is 49.4 Å². The molecule has 2 atom stereocenters. The topological polar surface area (TPSA) is 123 Å². The highest BCUT2D eigenvalue weighted by Crippen LogP contribution is 2.44. The van der Waals surface area contributed by atoms with Crippen molar-refractivity contribution >= 4 is 18.1 Å². The van der Waals surface area contributed by atoms with Gasteiger partial charge in [-0.25, -0.2) is 18.5 Å². The number of sulfonamides is 1. The third-order valence-electron chi connectivity index (χ3n) is 4.07. The molecule has 0 bridgehead atoms. The molecule has 0 aliphatic carbocycles. The first-order valence-electron chi connectivity index (χ1n) is 8.16. The van der Waals surface area contributed by atoms with E-state index in [0.717, 1.165) is 0 Å². The van der Waals surface area contributed by atoms with Gasteiger partial charge in [0.15, 0.2) is 5.76 Å². The molecular formula is C18H18N2O5PS+. The summed E-state index contributed by atoms with van der Waals surface area (Å²) in [6, 6.07) is 15.2. The summed E-state index contributed by atoms with van der Waals surface area (Å²) in [5.74, 6) is 0.273. The van der Waals surface area contributed by atoms with Crippen molar-refractivity contribution in [2.24, 2.45) is 5.14 Å². The van der Waals surface area contributed by atoms with E-state index in [4.69, 9.17) is 9.56 Å². The number of nitrogens with zero attached hydrogens (tertiary/aromatic N) is 1. The second-order valence-electron chi connectivity index (χ2n) is 5.86. The van der Waals surface area contributed by atoms with E-state index in [0.29, 0.717) is 17.7 Å². The van der Waals surface area contributed by atoms with E-state index in [1.165, 1.54) is 6.07 Å². The van der Waals surface area contributed by atoms with Gasteiger partial charge in [-0.15, -0.1) is 0 Å². The molecule has 1 aromatic heterocycles. The zero-order valence-corrected chi connectivity index (χ0v) is 16.2. The van der Waals surface area contributed by atoms with Crippen LogP contribution in [0.4, 0.5) is 0 Å². The zero-order valence-electron chi connectivity index (χ0n) is 14.4. The maximum absolute atomic E-state index is 12.0. The van der Waals surface area contributed by atoms with Crippen LogP contribution in [0.15, 0.2) is 63.9 Å². The lowest BCUT2D eigenvalue weighted by Crippen LogP contribution is -2.13. The van der Waals surface area contributed by atoms with Crippen LogP contribution in [0.1, 0.15) is 24.9 Å². The third-order valence-corrected chi connectivity index (χ3v) is 6.16. The van der Waals surface area contributed by atoms with Crippen LogP contribution in [-0.4, -0.2) is 18.3 Å². The Morgan fingerprint density at radius 3 is 2.37 bits per heavy atom. The molecule has 27 heavy (non-hydrogen) atoms. The van der Waals surface area contributed by atoms with Crippen molar-refractivity contribution in [1.29, 1.82) is 0 Å². The number of hydrogen-bond donors (Lipinski definition) is 2. The predicted octanol–water partition coefficient (Wildman–Crippen LogP) is 3.84. The maximum atomic E-state index is 12.0. The van der Waals surface area contributed by atoms with E-state index in [-0.39, 0.29) is 22.1 Å². The van der Waals surface area contributed by atoms with Gasteiger partial charge in [0, 0.05) is 17.5 Å². The summed E-state index contributed by atoms with van der Waals surface area (Å²) in [4.78, 5) is 13.9. The number of oxazole rings is 1. The molecule has 0 aliphatic heterocycles. The molecule has 0 saturated heterocycles. The molecule has 2 unspecified atom stereocenters. The predicted molar refractivity (Wildman–Crippen MR) is 102 cm³/mol. The van der Waals surface area contributed by atoms with Crippen LogP contribution in [0.3, 0.4) is 0 Å². The first-order chi connectivity index (χ1) is 12.8. The number of benzene rings is 2. The van der Waals surface area contributed by atoms with Gasteiger partial charge >= 0.3 is 8.03 Å². The molecule has 7 nitrogen and oxygen atoms in total. The normalized spacial score (nSPS) is 13.4. The summed E-state index contributed by atoms with van der Waals surface area (Å²) >= 11 is 0. The smallest absolute Gasteiger partial charge is 0.435 e. The molecule has 0 aliphatic rings. The van der Waals surface area contributed by atoms with Gasteiger partial charge in [-0.05, 0) is 16.7 Å². The van der Waals surface area contributed by atoms with Crippen LogP contribution in [0, 0.1) is 0 Å². The van der Waals surface area contributed by atoms with Crippen molar-refractivity contribution in [2.45, 2.75) is 23.9 Å². The Labute approximate surface area is 157 Å². The van der Waals surface area contributed by atoms with E-state index in [2.05, 4.69) is 4.98 Å². The second kappa shape index (κ2) is 7.70. The summed E-state index contributed by atoms with van der Waals surface area (Å²) in [7, 11) is -6.56. The lowest BCUT2D eigenvalue weighted by molar-refractivity contribution is 0.449. The Kier molecular flexibility index (Phi) is 5.53. The molecule has 2 aromatic carbocycles. The number of rotatable bonds is 6. The molecule has 1 heterocycles. The van der Waals surface area contributed by atoms with Crippen LogP contribution in [0.5, 0.6) is 0 Å². The fourth-order valence-electron chi connectivity index (χ4n) is 2.78. The minimum Gasteiger partial charge on any atom is -0.435 e. The molecule has 0 fully saturated rings. The molecule has 140 valence electrons. The van der Waals surface area contributed by atoms with E-state index in [1.54, 1.807) is 37.3 Å². The average Bonchev–Trinajstić information content (AvgIpc) is 3.07. The second-order valence-corrected chi connectivity index (χ2v) is 8.62. The Bertz CT molecular complexity index is 1080. The Balaban J connectivity index is 2.30. The number of primary sulfonamides is 1. The minimum absolute atomic E-state index is 0.0826. The molecular weight excluding hydrogens is 387 g/mol. The van der Waals surface area contributed by atoms with Crippen LogP contribution in [0.25, 0.3) is 22.6 Å². The molecule has 0 radical (unpaired) electrons. The zero-order chi connectivity index (χ0) is 19.6. The Morgan fingerprint density at radius 1 is 1.15 bits per heavy atom. The standard InChI is InChI=1S/C18H17N2O5PS/c1-2-14(26(21)22)18-20-16(12-8-4-3-5-9-12)17(25-18)13-10-6-7-11-15(13)27(19,23)24/h3-11,14H,2H2,1H3,(H2-,19,21,22,23,24)/p+1. The van der Waals surface area contributed by atoms with Crippen molar-refractivity contribution in [2.75, 3.05) is 0 Å². The van der Waals surface area contributed by atoms with Gasteiger partial charge in [0.05, 0.1) is 4.90 Å². The van der Waals surface area contributed by atoms with E-state index in [1.807, 2.05) is 18.2 Å². The van der Waals surface area contributed by atoms with Gasteiger partial charge in [0.25, 0.3) is 11.5 Å². The Morgan fingerprint density at radius 2 is 1.78 bits per heavy atom. The van der Waals surface area contributed by atoms with Crippen molar-refractivity contribution in [1.82, 2.24) is 4.98 Å². The molecule has 0 spiro atoms. The molecule has 0 amide bonds. The summed E-state index contributed by atoms with van der Waals surface area (Å²) in [5, 5.41) is 5.35. The van der Waals surface area contributed by atoms with Gasteiger partial charge in [-0.3, -0.25) is 0 Å². The van der Waals surface area contributed by atoms with Gasteiger partial charge in [-0.2, -0.15) is 4.89 Å². The number of hydrogen-bond acceptors (Lipinski definition) is 5. The highest BCUT2D eigenvalue weighted by atomic mass is 32.2. The quantitative estimate of drug-likeness (QED) is 0.601. The first-order valence-corrected chi connectivity index (χ1v) is 11.0. The van der Waals surface area contributed by atoms with Crippen molar-refractivity contribution in [3.63, 3.8) is 0 Å². The van der Waals surface area contributed by atoms with Crippen LogP contribution in [-0.2, 0) is 14.6 Å². The Hall–Kier alpha value is -2.38. The average molecular weight is 405 g/mol. The van der Waals surface area contributed by atoms with Gasteiger partial charge < -0.3 is 4.42 Å². The summed E-state index contributed by atoms with van der Waals surface area (Å²) in [6.07, 6.45) is 0.344. The van der Waals surface area contributed by atoms with Gasteiger partial charge in [0.1, 0.15) is 5.69 Å². The number of aromatic nitrogens is 1. The fraction of sp³-hybridized carbons (Fsp3) is 0.167. The van der Waals surface area contributed by atoms with Crippen LogP contribution >= 0.6 is 8.03 Å². The minimum atomic E-state index is -4.01. The highest BCUT2D eigenvalue weighted by molar-refractivity contribution is 7.89. The summed E-state index contributed by atoms with van der Waals surface area (Å²) in [5.41, 5.74) is 0.533. The van der Waals surface area contributed by atoms with Crippen molar-refractivity contribution < 1.29 is 22.3 Å².